The van der Waals surface area contributed by atoms with Gasteiger partial charge in [0.1, 0.15) is 17.1 Å². The molecule has 138 valence electrons. The minimum Gasteiger partial charge on any atom is -0.497 e. The zero-order valence-corrected chi connectivity index (χ0v) is 15.2. The molecule has 9 heteroatoms. The highest BCUT2D eigenvalue weighted by Crippen LogP contribution is 2.32. The quantitative estimate of drug-likeness (QED) is 0.787. The topological polar surface area (TPSA) is 90.7 Å². The Morgan fingerprint density at radius 2 is 2.00 bits per heavy atom. The van der Waals surface area contributed by atoms with Crippen LogP contribution in [-0.4, -0.2) is 67.9 Å². The number of benzene rings is 1. The summed E-state index contributed by atoms with van der Waals surface area (Å²) in [6.45, 7) is 2.13. The summed E-state index contributed by atoms with van der Waals surface area (Å²) in [7, 11) is -1.92. The largest absolute Gasteiger partial charge is 0.497 e. The summed E-state index contributed by atoms with van der Waals surface area (Å²) in [6, 6.07) is 7.12. The number of amides is 1. The van der Waals surface area contributed by atoms with E-state index in [1.54, 1.807) is 36.3 Å². The second-order valence-corrected chi connectivity index (χ2v) is 8.20. The number of hydrogen-bond donors (Lipinski definition) is 0. The van der Waals surface area contributed by atoms with E-state index in [2.05, 4.69) is 4.98 Å². The van der Waals surface area contributed by atoms with Gasteiger partial charge in [0.05, 0.1) is 26.1 Å². The molecule has 0 aliphatic carbocycles. The maximum absolute atomic E-state index is 13.2. The molecule has 1 fully saturated rings. The Morgan fingerprint density at radius 3 is 2.73 bits per heavy atom. The van der Waals surface area contributed by atoms with Gasteiger partial charge in [-0.1, -0.05) is 12.1 Å². The molecule has 0 atom stereocenters. The van der Waals surface area contributed by atoms with Crippen molar-refractivity contribution in [1.29, 1.82) is 0 Å². The Labute approximate surface area is 151 Å². The summed E-state index contributed by atoms with van der Waals surface area (Å²) in [5.74, 6) is 0.363. The number of carbonyl (C=O) groups excluding carboxylic acids is 1. The van der Waals surface area contributed by atoms with Gasteiger partial charge in [-0.3, -0.25) is 4.79 Å². The van der Waals surface area contributed by atoms with Crippen molar-refractivity contribution in [3.05, 3.63) is 30.0 Å². The molecule has 0 bridgehead atoms. The predicted octanol–water partition coefficient (Wildman–Crippen LogP) is 0.818. The first-order valence-electron chi connectivity index (χ1n) is 8.36. The van der Waals surface area contributed by atoms with E-state index in [1.165, 1.54) is 4.57 Å². The summed E-state index contributed by atoms with van der Waals surface area (Å²) in [6.07, 6.45) is 0. The molecule has 1 aromatic heterocycles. The van der Waals surface area contributed by atoms with Crippen molar-refractivity contribution in [2.75, 3.05) is 39.2 Å². The van der Waals surface area contributed by atoms with Gasteiger partial charge < -0.3 is 18.9 Å². The van der Waals surface area contributed by atoms with E-state index >= 15 is 0 Å². The SMILES string of the molecule is COc1cccc(-c2nc3n(c2C(=O)N2CCOCC2)CCS3(=O)=O)c1. The number of carbonyl (C=O) groups is 1. The number of methoxy groups -OCH3 is 1. The van der Waals surface area contributed by atoms with Gasteiger partial charge in [0.15, 0.2) is 0 Å². The lowest BCUT2D eigenvalue weighted by Gasteiger charge is -2.27. The standard InChI is InChI=1S/C17H19N3O5S/c1-24-13-4-2-3-12(11-13)14-15(16(21)19-5-8-25-9-6-19)20-7-10-26(22,23)17(20)18-14/h2-4,11H,5-10H2,1H3. The minimum absolute atomic E-state index is 0.0306. The average molecular weight is 377 g/mol. The van der Waals surface area contributed by atoms with E-state index in [-0.39, 0.29) is 23.4 Å². The minimum atomic E-state index is -3.47. The Balaban J connectivity index is 1.87. The van der Waals surface area contributed by atoms with Crippen LogP contribution in [0.1, 0.15) is 10.5 Å². The van der Waals surface area contributed by atoms with Gasteiger partial charge in [-0.05, 0) is 12.1 Å². The van der Waals surface area contributed by atoms with Gasteiger partial charge in [-0.2, -0.15) is 0 Å². The van der Waals surface area contributed by atoms with E-state index in [9.17, 15) is 13.2 Å². The van der Waals surface area contributed by atoms with Crippen LogP contribution in [0.25, 0.3) is 11.3 Å². The molecule has 2 aromatic rings. The van der Waals surface area contributed by atoms with E-state index in [4.69, 9.17) is 9.47 Å². The highest BCUT2D eigenvalue weighted by atomic mass is 32.2. The number of morpholine rings is 1. The Bertz CT molecular complexity index is 961. The molecule has 4 rings (SSSR count). The summed E-state index contributed by atoms with van der Waals surface area (Å²) in [4.78, 5) is 19.2. The molecule has 26 heavy (non-hydrogen) atoms. The van der Waals surface area contributed by atoms with Crippen LogP contribution >= 0.6 is 0 Å². The highest BCUT2D eigenvalue weighted by molar-refractivity contribution is 7.91. The fourth-order valence-corrected chi connectivity index (χ4v) is 4.64. The Kier molecular flexibility index (Phi) is 4.20. The van der Waals surface area contributed by atoms with Crippen molar-refractivity contribution >= 4 is 15.7 Å². The fourth-order valence-electron chi connectivity index (χ4n) is 3.28. The van der Waals surface area contributed by atoms with Crippen LogP contribution in [0, 0.1) is 0 Å². The lowest BCUT2D eigenvalue weighted by molar-refractivity contribution is 0.0296. The predicted molar refractivity (Wildman–Crippen MR) is 93.0 cm³/mol. The van der Waals surface area contributed by atoms with Crippen LogP contribution in [0.4, 0.5) is 0 Å². The fraction of sp³-hybridized carbons (Fsp3) is 0.412. The van der Waals surface area contributed by atoms with Crippen molar-refractivity contribution in [1.82, 2.24) is 14.5 Å². The van der Waals surface area contributed by atoms with Crippen molar-refractivity contribution in [2.45, 2.75) is 11.7 Å². The molecule has 1 amide bonds. The number of aromatic nitrogens is 2. The summed E-state index contributed by atoms with van der Waals surface area (Å²) in [5, 5.41) is -0.0353. The maximum Gasteiger partial charge on any atom is 0.272 e. The number of rotatable bonds is 3. The van der Waals surface area contributed by atoms with Gasteiger partial charge in [0.25, 0.3) is 5.91 Å². The van der Waals surface area contributed by atoms with Crippen molar-refractivity contribution in [2.24, 2.45) is 0 Å². The van der Waals surface area contributed by atoms with Crippen molar-refractivity contribution in [3.63, 3.8) is 0 Å². The zero-order valence-electron chi connectivity index (χ0n) is 14.3. The van der Waals surface area contributed by atoms with Crippen molar-refractivity contribution in [3.8, 4) is 17.0 Å². The lowest BCUT2D eigenvalue weighted by atomic mass is 10.1. The molecule has 2 aliphatic rings. The number of nitrogens with zero attached hydrogens (tertiary/aromatic N) is 3. The second kappa shape index (κ2) is 6.40. The first-order valence-corrected chi connectivity index (χ1v) is 10.0. The molecular formula is C17H19N3O5S. The number of imidazole rings is 1. The van der Waals surface area contributed by atoms with E-state index < -0.39 is 9.84 Å². The molecule has 1 aromatic carbocycles. The van der Waals surface area contributed by atoms with E-state index in [1.807, 2.05) is 0 Å². The van der Waals surface area contributed by atoms with Crippen LogP contribution in [0.2, 0.25) is 0 Å². The third kappa shape index (κ3) is 2.77. The smallest absolute Gasteiger partial charge is 0.272 e. The molecule has 8 nitrogen and oxygen atoms in total. The molecule has 0 spiro atoms. The van der Waals surface area contributed by atoms with Gasteiger partial charge in [-0.15, -0.1) is 0 Å². The first-order chi connectivity index (χ1) is 12.5. The Morgan fingerprint density at radius 1 is 1.23 bits per heavy atom. The monoisotopic (exact) mass is 377 g/mol. The third-order valence-corrected chi connectivity index (χ3v) is 6.23. The molecule has 0 saturated carbocycles. The van der Waals surface area contributed by atoms with Crippen LogP contribution in [0.3, 0.4) is 0 Å². The molecule has 1 saturated heterocycles. The molecule has 0 radical (unpaired) electrons. The normalized spacial score (nSPS) is 18.6. The Hall–Kier alpha value is -2.39. The first kappa shape index (κ1) is 17.0. The second-order valence-electron chi connectivity index (χ2n) is 6.20. The van der Waals surface area contributed by atoms with Crippen LogP contribution in [0.5, 0.6) is 5.75 Å². The average Bonchev–Trinajstić information content (AvgIpc) is 3.19. The maximum atomic E-state index is 13.2. The van der Waals surface area contributed by atoms with Crippen LogP contribution in [0.15, 0.2) is 29.4 Å². The van der Waals surface area contributed by atoms with Crippen LogP contribution < -0.4 is 4.74 Å². The molecular weight excluding hydrogens is 358 g/mol. The number of ether oxygens (including phenoxy) is 2. The zero-order chi connectivity index (χ0) is 18.3. The van der Waals surface area contributed by atoms with E-state index in [0.717, 1.165) is 0 Å². The highest BCUT2D eigenvalue weighted by Gasteiger charge is 2.37. The molecule has 2 aliphatic heterocycles. The number of fused-ring (bicyclic) bond motifs is 1. The summed E-state index contributed by atoms with van der Waals surface area (Å²) >= 11 is 0. The van der Waals surface area contributed by atoms with Crippen LogP contribution in [-0.2, 0) is 21.1 Å². The number of hydrogen-bond acceptors (Lipinski definition) is 6. The van der Waals surface area contributed by atoms with Gasteiger partial charge in [0, 0.05) is 25.2 Å². The molecule has 0 unspecified atom stereocenters. The molecule has 3 heterocycles. The number of sulfone groups is 1. The van der Waals surface area contributed by atoms with Gasteiger partial charge >= 0.3 is 0 Å². The van der Waals surface area contributed by atoms with Gasteiger partial charge in [0.2, 0.25) is 15.0 Å². The van der Waals surface area contributed by atoms with E-state index in [0.29, 0.717) is 49.0 Å². The molecule has 0 N–H and O–H groups in total. The summed E-state index contributed by atoms with van der Waals surface area (Å²) in [5.41, 5.74) is 1.34. The summed E-state index contributed by atoms with van der Waals surface area (Å²) < 4.78 is 36.7. The van der Waals surface area contributed by atoms with Gasteiger partial charge in [-0.25, -0.2) is 13.4 Å². The van der Waals surface area contributed by atoms with Crippen molar-refractivity contribution < 1.29 is 22.7 Å². The lowest BCUT2D eigenvalue weighted by Crippen LogP contribution is -2.41. The third-order valence-electron chi connectivity index (χ3n) is 4.64.